The van der Waals surface area contributed by atoms with E-state index in [1.54, 1.807) is 13.2 Å². The maximum Gasteiger partial charge on any atom is 0.231 e. The highest BCUT2D eigenvalue weighted by molar-refractivity contribution is 6.30. The highest BCUT2D eigenvalue weighted by atomic mass is 35.5. The first-order valence-corrected chi connectivity index (χ1v) is 14.0. The molecular weight excluding hydrogens is 509 g/mol. The summed E-state index contributed by atoms with van der Waals surface area (Å²) in [5.74, 6) is 0.00951. The number of carbonyl (C=O) groups is 1. The molecule has 1 aromatic carbocycles. The number of aliphatic hydroxyl groups excluding tert-OH is 1. The fourth-order valence-electron chi connectivity index (χ4n) is 6.18. The van der Waals surface area contributed by atoms with Gasteiger partial charge in [-0.15, -0.1) is 0 Å². The zero-order valence-electron chi connectivity index (χ0n) is 22.1. The lowest BCUT2D eigenvalue weighted by Crippen LogP contribution is -2.51. The Morgan fingerprint density at radius 2 is 1.95 bits per heavy atom. The molecule has 3 aliphatic rings. The molecule has 2 fully saturated rings. The van der Waals surface area contributed by atoms with Crippen LogP contribution in [0.2, 0.25) is 5.02 Å². The number of fused-ring (bicyclic) bond motifs is 1. The number of anilines is 1. The number of piperazine rings is 1. The summed E-state index contributed by atoms with van der Waals surface area (Å²) in [7, 11) is 1.75. The smallest absolute Gasteiger partial charge is 0.231 e. The van der Waals surface area contributed by atoms with E-state index in [2.05, 4.69) is 27.1 Å². The maximum atomic E-state index is 14.4. The number of rotatable bonds is 7. The summed E-state index contributed by atoms with van der Waals surface area (Å²) < 4.78 is 19.9. The molecule has 3 atom stereocenters. The molecule has 1 unspecified atom stereocenters. The number of nitrogens with zero attached hydrogens (tertiary/aromatic N) is 4. The van der Waals surface area contributed by atoms with Crippen LogP contribution in [0.1, 0.15) is 73.8 Å². The van der Waals surface area contributed by atoms with Crippen LogP contribution >= 0.6 is 11.6 Å². The van der Waals surface area contributed by atoms with Crippen LogP contribution in [0, 0.1) is 5.82 Å². The van der Waals surface area contributed by atoms with Gasteiger partial charge in [0.25, 0.3) is 0 Å². The van der Waals surface area contributed by atoms with E-state index in [1.807, 2.05) is 4.90 Å². The molecule has 38 heavy (non-hydrogen) atoms. The number of halogens is 2. The molecular formula is C28H37ClFN5O3. The predicted molar refractivity (Wildman–Crippen MR) is 144 cm³/mol. The number of nitrogens with one attached hydrogen (secondary N) is 1. The van der Waals surface area contributed by atoms with E-state index in [4.69, 9.17) is 16.3 Å². The first kappa shape index (κ1) is 27.2. The summed E-state index contributed by atoms with van der Waals surface area (Å²) >= 11 is 5.94. The first-order valence-electron chi connectivity index (χ1n) is 13.6. The van der Waals surface area contributed by atoms with Crippen molar-refractivity contribution in [1.82, 2.24) is 20.2 Å². The summed E-state index contributed by atoms with van der Waals surface area (Å²) in [6.07, 6.45) is 5.88. The van der Waals surface area contributed by atoms with Gasteiger partial charge in [0.15, 0.2) is 0 Å². The van der Waals surface area contributed by atoms with Gasteiger partial charge in [-0.25, -0.2) is 14.4 Å². The number of aliphatic hydroxyl groups is 1. The Labute approximate surface area is 228 Å². The molecule has 0 radical (unpaired) electrons. The van der Waals surface area contributed by atoms with Crippen molar-refractivity contribution in [1.29, 1.82) is 0 Å². The average molecular weight is 546 g/mol. The first-order chi connectivity index (χ1) is 18.4. The lowest BCUT2D eigenvalue weighted by atomic mass is 9.91. The van der Waals surface area contributed by atoms with Gasteiger partial charge >= 0.3 is 0 Å². The topological polar surface area (TPSA) is 90.8 Å². The second kappa shape index (κ2) is 11.8. The van der Waals surface area contributed by atoms with Gasteiger partial charge in [0, 0.05) is 51.4 Å². The lowest BCUT2D eigenvalue weighted by Gasteiger charge is -2.38. The molecule has 10 heteroatoms. The summed E-state index contributed by atoms with van der Waals surface area (Å²) in [4.78, 5) is 26.7. The highest BCUT2D eigenvalue weighted by Gasteiger charge is 2.35. The van der Waals surface area contributed by atoms with Crippen molar-refractivity contribution in [3.05, 3.63) is 52.2 Å². The SMILES string of the molecule is COC1CCC(NCC(C(=O)N2CCN(c3ncnc4c3[C@H](C)C[C@H]4O)CC2)c2ccc(Cl)c(F)c2)CC1. The van der Waals surface area contributed by atoms with Crippen LogP contribution in [-0.2, 0) is 9.53 Å². The standard InChI is InChI=1S/C28H37ClFN5O3/c1-17-13-24(36)26-25(17)27(33-16-32-26)34-9-11-35(12-10-34)28(37)21(18-3-8-22(29)23(30)14-18)15-31-19-4-6-20(38-2)7-5-19/h3,8,14,16-17,19-21,24,31,36H,4-7,9-13,15H2,1-2H3/t17-,19?,20?,21?,24-/m1/s1. The Kier molecular flexibility index (Phi) is 8.47. The molecule has 2 N–H and O–H groups in total. The molecule has 1 saturated heterocycles. The number of benzene rings is 1. The van der Waals surface area contributed by atoms with Gasteiger partial charge in [-0.2, -0.15) is 0 Å². The van der Waals surface area contributed by atoms with Crippen LogP contribution in [-0.4, -0.2) is 77.9 Å². The molecule has 2 aliphatic carbocycles. The van der Waals surface area contributed by atoms with Gasteiger partial charge in [0.2, 0.25) is 5.91 Å². The van der Waals surface area contributed by atoms with Crippen molar-refractivity contribution in [3.63, 3.8) is 0 Å². The largest absolute Gasteiger partial charge is 0.387 e. The van der Waals surface area contributed by atoms with Crippen molar-refractivity contribution in [3.8, 4) is 0 Å². The Balaban J connectivity index is 1.27. The van der Waals surface area contributed by atoms with Gasteiger partial charge in [0.05, 0.1) is 28.8 Å². The van der Waals surface area contributed by atoms with Crippen LogP contribution in [0.15, 0.2) is 24.5 Å². The minimum Gasteiger partial charge on any atom is -0.387 e. The molecule has 1 saturated carbocycles. The number of hydrogen-bond acceptors (Lipinski definition) is 7. The van der Waals surface area contributed by atoms with Gasteiger partial charge < -0.3 is 25.0 Å². The monoisotopic (exact) mass is 545 g/mol. The predicted octanol–water partition coefficient (Wildman–Crippen LogP) is 3.79. The fraction of sp³-hybridized carbons (Fsp3) is 0.607. The zero-order valence-corrected chi connectivity index (χ0v) is 22.8. The molecule has 206 valence electrons. The number of amides is 1. The Morgan fingerprint density at radius 1 is 1.21 bits per heavy atom. The number of methoxy groups -OCH3 is 1. The molecule has 1 amide bonds. The maximum absolute atomic E-state index is 14.4. The number of ether oxygens (including phenoxy) is 1. The van der Waals surface area contributed by atoms with Crippen LogP contribution in [0.3, 0.4) is 0 Å². The van der Waals surface area contributed by atoms with E-state index in [0.29, 0.717) is 56.9 Å². The number of carbonyl (C=O) groups excluding carboxylic acids is 1. The third-order valence-corrected chi connectivity index (χ3v) is 8.74. The molecule has 5 rings (SSSR count). The zero-order chi connectivity index (χ0) is 26.8. The molecule has 1 aliphatic heterocycles. The van der Waals surface area contributed by atoms with Crippen molar-refractivity contribution in [2.75, 3.05) is 44.7 Å². The second-order valence-electron chi connectivity index (χ2n) is 10.8. The molecule has 8 nitrogen and oxygen atoms in total. The molecule has 2 aromatic rings. The van der Waals surface area contributed by atoms with E-state index in [0.717, 1.165) is 42.8 Å². The molecule has 2 heterocycles. The van der Waals surface area contributed by atoms with Gasteiger partial charge in [-0.3, -0.25) is 4.79 Å². The lowest BCUT2D eigenvalue weighted by molar-refractivity contribution is -0.133. The van der Waals surface area contributed by atoms with Gasteiger partial charge in [-0.1, -0.05) is 24.6 Å². The van der Waals surface area contributed by atoms with Crippen LogP contribution in [0.25, 0.3) is 0 Å². The van der Waals surface area contributed by atoms with Crippen LogP contribution in [0.4, 0.5) is 10.2 Å². The van der Waals surface area contributed by atoms with E-state index in [-0.39, 0.29) is 16.8 Å². The summed E-state index contributed by atoms with van der Waals surface area (Å²) in [5, 5.41) is 14.0. The van der Waals surface area contributed by atoms with E-state index in [1.165, 1.54) is 18.5 Å². The number of hydrogen-bond donors (Lipinski definition) is 2. The normalized spacial score (nSPS) is 26.3. The van der Waals surface area contributed by atoms with Crippen molar-refractivity contribution in [2.24, 2.45) is 0 Å². The van der Waals surface area contributed by atoms with Crippen molar-refractivity contribution >= 4 is 23.3 Å². The molecule has 0 bridgehead atoms. The minimum absolute atomic E-state index is 0.0128. The minimum atomic E-state index is -0.554. The third-order valence-electron chi connectivity index (χ3n) is 8.43. The number of aromatic nitrogens is 2. The second-order valence-corrected chi connectivity index (χ2v) is 11.2. The van der Waals surface area contributed by atoms with E-state index >= 15 is 0 Å². The van der Waals surface area contributed by atoms with Crippen LogP contribution in [0.5, 0.6) is 0 Å². The van der Waals surface area contributed by atoms with E-state index < -0.39 is 17.8 Å². The highest BCUT2D eigenvalue weighted by Crippen LogP contribution is 2.42. The van der Waals surface area contributed by atoms with Crippen molar-refractivity contribution in [2.45, 2.75) is 69.1 Å². The molecule has 0 spiro atoms. The van der Waals surface area contributed by atoms with Gasteiger partial charge in [-0.05, 0) is 55.7 Å². The summed E-state index contributed by atoms with van der Waals surface area (Å²) in [6, 6.07) is 4.98. The quantitative estimate of drug-likeness (QED) is 0.547. The fourth-order valence-corrected chi connectivity index (χ4v) is 6.29. The Morgan fingerprint density at radius 3 is 2.63 bits per heavy atom. The third kappa shape index (κ3) is 5.66. The van der Waals surface area contributed by atoms with Gasteiger partial charge in [0.1, 0.15) is 18.0 Å². The van der Waals surface area contributed by atoms with Crippen LogP contribution < -0.4 is 10.2 Å². The van der Waals surface area contributed by atoms with E-state index in [9.17, 15) is 14.3 Å². The molecule has 1 aromatic heterocycles. The summed E-state index contributed by atoms with van der Waals surface area (Å²) in [5.41, 5.74) is 2.37. The Bertz CT molecular complexity index is 1140. The average Bonchev–Trinajstić information content (AvgIpc) is 3.24. The van der Waals surface area contributed by atoms with Crippen molar-refractivity contribution < 1.29 is 19.0 Å². The Hall–Kier alpha value is -2.33. The summed E-state index contributed by atoms with van der Waals surface area (Å²) in [6.45, 7) is 4.88.